The first-order valence-corrected chi connectivity index (χ1v) is 12.4. The van der Waals surface area contributed by atoms with Crippen LogP contribution in [0.4, 0.5) is 9.18 Å². The number of urea groups is 1. The number of hydrogen-bond acceptors (Lipinski definition) is 4. The zero-order chi connectivity index (χ0) is 25.0. The number of nitrogens with one attached hydrogen (secondary N) is 1. The molecule has 180 valence electrons. The van der Waals surface area contributed by atoms with Crippen molar-refractivity contribution in [2.24, 2.45) is 0 Å². The Morgan fingerprint density at radius 3 is 2.28 bits per heavy atom. The van der Waals surface area contributed by atoms with E-state index in [1.807, 2.05) is 61.0 Å². The van der Waals surface area contributed by atoms with Crippen molar-refractivity contribution in [1.29, 1.82) is 0 Å². The number of amides is 2. The van der Waals surface area contributed by atoms with Gasteiger partial charge in [-0.1, -0.05) is 54.6 Å². The van der Waals surface area contributed by atoms with E-state index >= 15 is 0 Å². The maximum atomic E-state index is 13.7. The van der Waals surface area contributed by atoms with Crippen LogP contribution in [0.15, 0.2) is 83.8 Å². The number of benzene rings is 3. The molecule has 10 heteroatoms. The second-order valence-electron chi connectivity index (χ2n) is 7.97. The standard InChI is InChI=1S/C26H25FN4O3S.Na/c1-18-25(21-8-4-3-5-9-21)19(2)31(29-18)22-14-12-20(13-15-22)16-17-28-26(32)30-35(33,34)24-11-7-6-10-23(24)27;/h3-15H,16-17H2,1-2H3,(H2,28,30,32);/q;+1/p-1. The molecule has 4 aromatic rings. The van der Waals surface area contributed by atoms with Crippen LogP contribution in [-0.4, -0.2) is 30.8 Å². The second-order valence-corrected chi connectivity index (χ2v) is 9.54. The molecule has 0 fully saturated rings. The van der Waals surface area contributed by atoms with Gasteiger partial charge in [0, 0.05) is 11.3 Å². The van der Waals surface area contributed by atoms with Crippen molar-refractivity contribution in [3.63, 3.8) is 0 Å². The molecule has 0 bridgehead atoms. The number of aryl methyl sites for hydroxylation is 1. The van der Waals surface area contributed by atoms with Crippen LogP contribution >= 0.6 is 0 Å². The molecule has 0 aliphatic carbocycles. The first kappa shape index (κ1) is 27.6. The van der Waals surface area contributed by atoms with Crippen LogP contribution in [0.5, 0.6) is 0 Å². The molecule has 36 heavy (non-hydrogen) atoms. The number of hydrogen-bond donors (Lipinski definition) is 1. The Bertz CT molecular complexity index is 1460. The van der Waals surface area contributed by atoms with Gasteiger partial charge >= 0.3 is 29.6 Å². The average molecular weight is 515 g/mol. The van der Waals surface area contributed by atoms with E-state index in [1.54, 1.807) is 0 Å². The molecule has 0 spiro atoms. The van der Waals surface area contributed by atoms with E-state index in [0.717, 1.165) is 45.9 Å². The number of aromatic nitrogens is 2. The number of rotatable bonds is 7. The topological polar surface area (TPSA) is 95.2 Å². The summed E-state index contributed by atoms with van der Waals surface area (Å²) in [4.78, 5) is 11.3. The van der Waals surface area contributed by atoms with Gasteiger partial charge in [-0.2, -0.15) is 5.10 Å². The van der Waals surface area contributed by atoms with Crippen molar-refractivity contribution in [3.8, 4) is 16.8 Å². The summed E-state index contributed by atoms with van der Waals surface area (Å²) >= 11 is 0. The predicted molar refractivity (Wildman–Crippen MR) is 133 cm³/mol. The predicted octanol–water partition coefficient (Wildman–Crippen LogP) is 2.31. The van der Waals surface area contributed by atoms with Gasteiger partial charge in [-0.15, -0.1) is 0 Å². The minimum atomic E-state index is -4.42. The molecule has 1 N–H and O–H groups in total. The van der Waals surface area contributed by atoms with Crippen molar-refractivity contribution in [1.82, 2.24) is 15.1 Å². The summed E-state index contributed by atoms with van der Waals surface area (Å²) in [7, 11) is -4.42. The number of carbonyl (C=O) groups excluding carboxylic acids is 1. The number of carbonyl (C=O) groups is 1. The van der Waals surface area contributed by atoms with Crippen LogP contribution < -0.4 is 34.9 Å². The Labute approximate surface area is 232 Å². The van der Waals surface area contributed by atoms with Crippen LogP contribution in [0.3, 0.4) is 0 Å². The third kappa shape index (κ3) is 6.22. The number of nitrogens with zero attached hydrogens (tertiary/aromatic N) is 3. The Morgan fingerprint density at radius 1 is 0.972 bits per heavy atom. The third-order valence-corrected chi connectivity index (χ3v) is 6.84. The summed E-state index contributed by atoms with van der Waals surface area (Å²) in [6.45, 7) is 4.19. The molecule has 7 nitrogen and oxygen atoms in total. The fourth-order valence-corrected chi connectivity index (χ4v) is 4.83. The molecule has 3 aromatic carbocycles. The molecule has 1 aromatic heterocycles. The third-order valence-electron chi connectivity index (χ3n) is 5.54. The zero-order valence-electron chi connectivity index (χ0n) is 20.3. The number of sulfonamides is 1. The molecule has 0 unspecified atom stereocenters. The Morgan fingerprint density at radius 2 is 1.61 bits per heavy atom. The van der Waals surface area contributed by atoms with Gasteiger partial charge in [0.25, 0.3) is 0 Å². The monoisotopic (exact) mass is 514 g/mol. The summed E-state index contributed by atoms with van der Waals surface area (Å²) in [6.07, 6.45) is 0.466. The second kappa shape index (κ2) is 11.8. The van der Waals surface area contributed by atoms with Gasteiger partial charge < -0.3 is 10.0 Å². The Balaban J connectivity index is 0.00000361. The van der Waals surface area contributed by atoms with Crippen LogP contribution in [0, 0.1) is 19.7 Å². The fourth-order valence-electron chi connectivity index (χ4n) is 3.88. The van der Waals surface area contributed by atoms with Crippen LogP contribution in [0.2, 0.25) is 0 Å². The van der Waals surface area contributed by atoms with Crippen LogP contribution in [0.1, 0.15) is 17.0 Å². The largest absolute Gasteiger partial charge is 1.00 e. The summed E-state index contributed by atoms with van der Waals surface area (Å²) < 4.78 is 43.0. The molecule has 4 rings (SSSR count). The van der Waals surface area contributed by atoms with E-state index in [-0.39, 0.29) is 36.1 Å². The van der Waals surface area contributed by atoms with E-state index in [2.05, 4.69) is 22.2 Å². The molecule has 2 amide bonds. The zero-order valence-corrected chi connectivity index (χ0v) is 23.1. The van der Waals surface area contributed by atoms with Gasteiger partial charge in [0.2, 0.25) is 10.0 Å². The van der Waals surface area contributed by atoms with Gasteiger partial charge in [0.15, 0.2) is 6.03 Å². The molecular formula is C26H24FN4NaO3S. The van der Waals surface area contributed by atoms with Gasteiger partial charge in [0.1, 0.15) is 10.7 Å². The van der Waals surface area contributed by atoms with E-state index in [1.165, 1.54) is 12.1 Å². The van der Waals surface area contributed by atoms with E-state index in [9.17, 15) is 17.6 Å². The van der Waals surface area contributed by atoms with Crippen molar-refractivity contribution in [2.75, 3.05) is 6.54 Å². The van der Waals surface area contributed by atoms with Crippen LogP contribution in [-0.2, 0) is 16.4 Å². The molecule has 0 aliphatic rings. The fraction of sp³-hybridized carbons (Fsp3) is 0.154. The van der Waals surface area contributed by atoms with Gasteiger partial charge in [-0.3, -0.25) is 4.79 Å². The molecule has 0 saturated carbocycles. The average Bonchev–Trinajstić information content (AvgIpc) is 3.13. The molecule has 0 atom stereocenters. The maximum Gasteiger partial charge on any atom is 1.00 e. The quantitative estimate of drug-likeness (QED) is 0.383. The first-order chi connectivity index (χ1) is 16.8. The normalized spacial score (nSPS) is 11.0. The summed E-state index contributed by atoms with van der Waals surface area (Å²) in [5, 5.41) is 7.14. The van der Waals surface area contributed by atoms with Crippen molar-refractivity contribution >= 4 is 16.1 Å². The smallest absolute Gasteiger partial charge is 0.448 e. The first-order valence-electron chi connectivity index (χ1n) is 11.0. The van der Waals surface area contributed by atoms with Crippen molar-refractivity contribution < 1.29 is 47.2 Å². The minimum Gasteiger partial charge on any atom is -0.448 e. The van der Waals surface area contributed by atoms with Crippen LogP contribution in [0.25, 0.3) is 21.5 Å². The summed E-state index contributed by atoms with van der Waals surface area (Å²) in [6, 6.07) is 21.6. The molecule has 0 saturated heterocycles. The SMILES string of the molecule is Cc1nn(-c2ccc(CCNC(=O)[N-]S(=O)(=O)c3ccccc3F)cc2)c(C)c1-c1ccccc1.[Na+]. The molecular weight excluding hydrogens is 490 g/mol. The Kier molecular flexibility index (Phi) is 9.08. The van der Waals surface area contributed by atoms with Gasteiger partial charge in [-0.25, -0.2) is 17.5 Å². The van der Waals surface area contributed by atoms with E-state index in [4.69, 9.17) is 5.10 Å². The van der Waals surface area contributed by atoms with Gasteiger partial charge in [0.05, 0.1) is 11.4 Å². The van der Waals surface area contributed by atoms with E-state index < -0.39 is 26.8 Å². The molecule has 0 aliphatic heterocycles. The number of halogens is 1. The summed E-state index contributed by atoms with van der Waals surface area (Å²) in [5.41, 5.74) is 6.04. The van der Waals surface area contributed by atoms with Crippen molar-refractivity contribution in [3.05, 3.63) is 106 Å². The molecule has 1 heterocycles. The Hall–Kier alpha value is -2.98. The maximum absolute atomic E-state index is 13.7. The minimum absolute atomic E-state index is 0. The van der Waals surface area contributed by atoms with Crippen molar-refractivity contribution in [2.45, 2.75) is 25.2 Å². The van der Waals surface area contributed by atoms with E-state index in [0.29, 0.717) is 6.42 Å². The van der Waals surface area contributed by atoms with Gasteiger partial charge in [-0.05, 0) is 62.2 Å². The molecule has 0 radical (unpaired) electrons. The summed E-state index contributed by atoms with van der Waals surface area (Å²) in [5.74, 6) is -0.956.